The molecule has 0 bridgehead atoms. The van der Waals surface area contributed by atoms with Crippen LogP contribution in [0.3, 0.4) is 0 Å². The molecule has 0 N–H and O–H groups in total. The number of hydrogen-bond acceptors (Lipinski definition) is 4. The zero-order chi connectivity index (χ0) is 16.4. The van der Waals surface area contributed by atoms with Crippen LogP contribution in [0.25, 0.3) is 17.1 Å². The Bertz CT molecular complexity index is 812. The Morgan fingerprint density at radius 2 is 1.78 bits per heavy atom. The summed E-state index contributed by atoms with van der Waals surface area (Å²) in [5.74, 6) is 0.878. The SMILES string of the molecule is COc1ccc(-n2nnnc2-c2cccc(C(F)(F)F)c2)cc1. The van der Waals surface area contributed by atoms with Crippen LogP contribution in [0, 0.1) is 0 Å². The minimum atomic E-state index is -4.42. The van der Waals surface area contributed by atoms with Crippen molar-refractivity contribution < 1.29 is 17.9 Å². The molecule has 0 radical (unpaired) electrons. The predicted octanol–water partition coefficient (Wildman–Crippen LogP) is 3.36. The molecule has 0 saturated carbocycles. The van der Waals surface area contributed by atoms with E-state index in [4.69, 9.17) is 4.74 Å². The van der Waals surface area contributed by atoms with E-state index in [2.05, 4.69) is 15.5 Å². The van der Waals surface area contributed by atoms with E-state index in [1.807, 2.05) is 0 Å². The van der Waals surface area contributed by atoms with Gasteiger partial charge in [0, 0.05) is 5.56 Å². The first-order valence-corrected chi connectivity index (χ1v) is 6.59. The zero-order valence-corrected chi connectivity index (χ0v) is 11.9. The second-order valence-electron chi connectivity index (χ2n) is 4.69. The summed E-state index contributed by atoms with van der Waals surface area (Å²) in [5, 5.41) is 11.2. The summed E-state index contributed by atoms with van der Waals surface area (Å²) >= 11 is 0. The molecular weight excluding hydrogens is 309 g/mol. The summed E-state index contributed by atoms with van der Waals surface area (Å²) < 4.78 is 45.0. The largest absolute Gasteiger partial charge is 0.497 e. The molecule has 0 spiro atoms. The first kappa shape index (κ1) is 15.0. The normalized spacial score (nSPS) is 11.5. The Morgan fingerprint density at radius 3 is 2.43 bits per heavy atom. The number of aromatic nitrogens is 4. The number of methoxy groups -OCH3 is 1. The van der Waals surface area contributed by atoms with E-state index in [-0.39, 0.29) is 11.4 Å². The van der Waals surface area contributed by atoms with Crippen molar-refractivity contribution in [2.24, 2.45) is 0 Å². The number of hydrogen-bond donors (Lipinski definition) is 0. The van der Waals surface area contributed by atoms with Crippen LogP contribution in [-0.2, 0) is 6.18 Å². The molecule has 0 fully saturated rings. The summed E-state index contributed by atoms with van der Waals surface area (Å²) in [4.78, 5) is 0. The Labute approximate surface area is 129 Å². The van der Waals surface area contributed by atoms with Gasteiger partial charge in [0.25, 0.3) is 0 Å². The first-order chi connectivity index (χ1) is 11.0. The Morgan fingerprint density at radius 1 is 1.04 bits per heavy atom. The molecule has 1 aromatic heterocycles. The van der Waals surface area contributed by atoms with Gasteiger partial charge in [-0.1, -0.05) is 12.1 Å². The van der Waals surface area contributed by atoms with Crippen LogP contribution >= 0.6 is 0 Å². The monoisotopic (exact) mass is 320 g/mol. The van der Waals surface area contributed by atoms with Gasteiger partial charge in [0.1, 0.15) is 5.75 Å². The van der Waals surface area contributed by atoms with Gasteiger partial charge in [-0.2, -0.15) is 17.9 Å². The summed E-state index contributed by atoms with van der Waals surface area (Å²) in [7, 11) is 1.54. The molecule has 0 atom stereocenters. The van der Waals surface area contributed by atoms with E-state index < -0.39 is 11.7 Å². The third-order valence-corrected chi connectivity index (χ3v) is 3.23. The highest BCUT2D eigenvalue weighted by atomic mass is 19.4. The van der Waals surface area contributed by atoms with Gasteiger partial charge >= 0.3 is 6.18 Å². The van der Waals surface area contributed by atoms with Crippen molar-refractivity contribution in [2.45, 2.75) is 6.18 Å². The van der Waals surface area contributed by atoms with Gasteiger partial charge in [-0.05, 0) is 46.8 Å². The number of ether oxygens (including phenoxy) is 1. The van der Waals surface area contributed by atoms with Crippen molar-refractivity contribution in [3.8, 4) is 22.8 Å². The Kier molecular flexibility index (Phi) is 3.73. The van der Waals surface area contributed by atoms with E-state index in [1.54, 1.807) is 31.4 Å². The van der Waals surface area contributed by atoms with Gasteiger partial charge < -0.3 is 4.74 Å². The minimum absolute atomic E-state index is 0.223. The predicted molar refractivity (Wildman–Crippen MR) is 76.1 cm³/mol. The fourth-order valence-electron chi connectivity index (χ4n) is 2.10. The highest BCUT2D eigenvalue weighted by molar-refractivity contribution is 5.58. The van der Waals surface area contributed by atoms with Crippen LogP contribution in [0.15, 0.2) is 48.5 Å². The Hall–Kier alpha value is -2.90. The average Bonchev–Trinajstić information content (AvgIpc) is 3.04. The van der Waals surface area contributed by atoms with Crippen molar-refractivity contribution in [3.63, 3.8) is 0 Å². The van der Waals surface area contributed by atoms with Crippen LogP contribution in [0.5, 0.6) is 5.75 Å². The number of nitrogens with zero attached hydrogens (tertiary/aromatic N) is 4. The number of alkyl halides is 3. The molecule has 3 rings (SSSR count). The molecular formula is C15H11F3N4O. The topological polar surface area (TPSA) is 52.8 Å². The summed E-state index contributed by atoms with van der Waals surface area (Å²) in [5.41, 5.74) is 0.142. The van der Waals surface area contributed by atoms with Crippen molar-refractivity contribution in [3.05, 3.63) is 54.1 Å². The van der Waals surface area contributed by atoms with Gasteiger partial charge in [-0.25, -0.2) is 0 Å². The van der Waals surface area contributed by atoms with E-state index in [1.165, 1.54) is 16.8 Å². The molecule has 5 nitrogen and oxygen atoms in total. The lowest BCUT2D eigenvalue weighted by atomic mass is 10.1. The van der Waals surface area contributed by atoms with Crippen LogP contribution in [0.1, 0.15) is 5.56 Å². The van der Waals surface area contributed by atoms with Crippen molar-refractivity contribution in [2.75, 3.05) is 7.11 Å². The molecule has 23 heavy (non-hydrogen) atoms. The fraction of sp³-hybridized carbons (Fsp3) is 0.133. The highest BCUT2D eigenvalue weighted by Crippen LogP contribution is 2.32. The van der Waals surface area contributed by atoms with Crippen molar-refractivity contribution in [1.29, 1.82) is 0 Å². The molecule has 118 valence electrons. The summed E-state index contributed by atoms with van der Waals surface area (Å²) in [6.07, 6.45) is -4.42. The zero-order valence-electron chi connectivity index (χ0n) is 11.9. The third kappa shape index (κ3) is 3.01. The average molecular weight is 320 g/mol. The minimum Gasteiger partial charge on any atom is -0.497 e. The lowest BCUT2D eigenvalue weighted by Crippen LogP contribution is -2.05. The van der Waals surface area contributed by atoms with Gasteiger partial charge in [-0.15, -0.1) is 5.10 Å². The fourth-order valence-corrected chi connectivity index (χ4v) is 2.10. The molecule has 0 aliphatic rings. The lowest BCUT2D eigenvalue weighted by molar-refractivity contribution is -0.137. The van der Waals surface area contributed by atoms with Crippen LogP contribution in [-0.4, -0.2) is 27.3 Å². The molecule has 0 amide bonds. The first-order valence-electron chi connectivity index (χ1n) is 6.59. The second-order valence-corrected chi connectivity index (χ2v) is 4.69. The van der Waals surface area contributed by atoms with E-state index in [0.717, 1.165) is 12.1 Å². The molecule has 1 heterocycles. The van der Waals surface area contributed by atoms with E-state index >= 15 is 0 Å². The summed E-state index contributed by atoms with van der Waals surface area (Å²) in [6.45, 7) is 0. The van der Waals surface area contributed by atoms with Crippen LogP contribution < -0.4 is 4.74 Å². The van der Waals surface area contributed by atoms with Crippen LogP contribution in [0.4, 0.5) is 13.2 Å². The number of rotatable bonds is 3. The van der Waals surface area contributed by atoms with Gasteiger partial charge in [0.05, 0.1) is 18.4 Å². The summed E-state index contributed by atoms with van der Waals surface area (Å²) in [6, 6.07) is 11.7. The Balaban J connectivity index is 2.04. The number of benzene rings is 2. The van der Waals surface area contributed by atoms with Gasteiger partial charge in [-0.3, -0.25) is 0 Å². The molecule has 0 aliphatic heterocycles. The standard InChI is InChI=1S/C15H11F3N4O/c1-23-13-7-5-12(6-8-13)22-14(19-20-21-22)10-3-2-4-11(9-10)15(16,17)18/h2-9H,1H3. The van der Waals surface area contributed by atoms with Gasteiger partial charge in [0.2, 0.25) is 0 Å². The molecule has 0 unspecified atom stereocenters. The number of tetrazole rings is 1. The highest BCUT2D eigenvalue weighted by Gasteiger charge is 2.30. The molecule has 2 aromatic carbocycles. The molecule has 0 saturated heterocycles. The quantitative estimate of drug-likeness (QED) is 0.742. The van der Waals surface area contributed by atoms with Crippen molar-refractivity contribution in [1.82, 2.24) is 20.2 Å². The molecule has 3 aromatic rings. The molecule has 0 aliphatic carbocycles. The van der Waals surface area contributed by atoms with Crippen LogP contribution in [0.2, 0.25) is 0 Å². The third-order valence-electron chi connectivity index (χ3n) is 3.23. The molecule has 8 heteroatoms. The smallest absolute Gasteiger partial charge is 0.416 e. The lowest BCUT2D eigenvalue weighted by Gasteiger charge is -2.09. The van der Waals surface area contributed by atoms with E-state index in [0.29, 0.717) is 11.4 Å². The maximum absolute atomic E-state index is 12.8. The van der Waals surface area contributed by atoms with Crippen molar-refractivity contribution >= 4 is 0 Å². The van der Waals surface area contributed by atoms with E-state index in [9.17, 15) is 13.2 Å². The van der Waals surface area contributed by atoms with Gasteiger partial charge in [0.15, 0.2) is 5.82 Å². The maximum atomic E-state index is 12.8. The second kappa shape index (κ2) is 5.71. The maximum Gasteiger partial charge on any atom is 0.416 e. The number of halogens is 3.